The van der Waals surface area contributed by atoms with Crippen LogP contribution in [0.15, 0.2) is 5.38 Å². The Morgan fingerprint density at radius 2 is 2.83 bits per heavy atom. The molecule has 0 aliphatic rings. The van der Waals surface area contributed by atoms with E-state index < -0.39 is 0 Å². The third-order valence-electron chi connectivity index (χ3n) is 0.504. The molecule has 2 heteroatoms. The van der Waals surface area contributed by atoms with E-state index in [1.165, 1.54) is 11.3 Å². The SMILES string of the molecule is Cc1cs[c]n1. The highest BCUT2D eigenvalue weighted by atomic mass is 32.1. The second-order valence-electron chi connectivity index (χ2n) is 1.08. The van der Waals surface area contributed by atoms with Crippen molar-refractivity contribution >= 4 is 11.3 Å². The van der Waals surface area contributed by atoms with E-state index in [1.54, 1.807) is 0 Å². The normalized spacial score (nSPS) is 8.83. The first-order chi connectivity index (χ1) is 2.89. The van der Waals surface area contributed by atoms with E-state index in [2.05, 4.69) is 10.5 Å². The monoisotopic (exact) mass is 98.0 g/mol. The second-order valence-corrected chi connectivity index (χ2v) is 1.73. The predicted octanol–water partition coefficient (Wildman–Crippen LogP) is 1.25. The number of nitrogens with zero attached hydrogens (tertiary/aromatic N) is 1. The molecule has 0 bridgehead atoms. The van der Waals surface area contributed by atoms with Crippen LogP contribution in [0.1, 0.15) is 5.69 Å². The van der Waals surface area contributed by atoms with Gasteiger partial charge in [0.2, 0.25) is 0 Å². The van der Waals surface area contributed by atoms with Gasteiger partial charge in [-0.1, -0.05) is 0 Å². The summed E-state index contributed by atoms with van der Waals surface area (Å²) >= 11 is 1.50. The van der Waals surface area contributed by atoms with Gasteiger partial charge in [-0.15, -0.1) is 11.3 Å². The Morgan fingerprint density at radius 3 is 3.00 bits per heavy atom. The van der Waals surface area contributed by atoms with Gasteiger partial charge >= 0.3 is 0 Å². The van der Waals surface area contributed by atoms with Gasteiger partial charge in [0.15, 0.2) is 5.51 Å². The van der Waals surface area contributed by atoms with Crippen molar-refractivity contribution in [3.05, 3.63) is 16.6 Å². The molecule has 0 aliphatic heterocycles. The van der Waals surface area contributed by atoms with Gasteiger partial charge in [0.25, 0.3) is 0 Å². The smallest absolute Gasteiger partial charge is 0.152 e. The van der Waals surface area contributed by atoms with Crippen molar-refractivity contribution in [3.8, 4) is 0 Å². The number of hydrogen-bond acceptors (Lipinski definition) is 2. The maximum absolute atomic E-state index is 3.81. The second kappa shape index (κ2) is 1.39. The Hall–Kier alpha value is -0.370. The maximum Gasteiger partial charge on any atom is 0.152 e. The van der Waals surface area contributed by atoms with Crippen LogP contribution in [0.4, 0.5) is 0 Å². The first-order valence-corrected chi connectivity index (χ1v) is 2.56. The first kappa shape index (κ1) is 3.81. The Balaban J connectivity index is 3.05. The fourth-order valence-electron chi connectivity index (χ4n) is 0.236. The van der Waals surface area contributed by atoms with Crippen LogP contribution in [0.3, 0.4) is 0 Å². The van der Waals surface area contributed by atoms with Crippen LogP contribution in [0.2, 0.25) is 0 Å². The van der Waals surface area contributed by atoms with Crippen LogP contribution < -0.4 is 0 Å². The highest BCUT2D eigenvalue weighted by Crippen LogP contribution is 1.94. The van der Waals surface area contributed by atoms with Crippen LogP contribution in [-0.4, -0.2) is 4.98 Å². The number of aromatic nitrogens is 1. The predicted molar refractivity (Wildman–Crippen MR) is 25.7 cm³/mol. The van der Waals surface area contributed by atoms with Crippen molar-refractivity contribution in [2.75, 3.05) is 0 Å². The topological polar surface area (TPSA) is 12.9 Å². The van der Waals surface area contributed by atoms with Crippen molar-refractivity contribution < 1.29 is 0 Å². The number of rotatable bonds is 0. The van der Waals surface area contributed by atoms with Crippen molar-refractivity contribution in [3.63, 3.8) is 0 Å². The number of hydrogen-bond donors (Lipinski definition) is 0. The lowest BCUT2D eigenvalue weighted by Gasteiger charge is -1.64. The Kier molecular flexibility index (Phi) is 0.881. The average molecular weight is 98.2 g/mol. The highest BCUT2D eigenvalue weighted by molar-refractivity contribution is 7.07. The molecule has 0 unspecified atom stereocenters. The minimum absolute atomic E-state index is 1.06. The van der Waals surface area contributed by atoms with Gasteiger partial charge < -0.3 is 0 Å². The lowest BCUT2D eigenvalue weighted by molar-refractivity contribution is 1.26. The van der Waals surface area contributed by atoms with Gasteiger partial charge in [-0.3, -0.25) is 0 Å². The molecule has 1 aromatic rings. The molecule has 0 amide bonds. The van der Waals surface area contributed by atoms with E-state index in [0.717, 1.165) is 5.69 Å². The molecule has 1 radical (unpaired) electrons. The van der Waals surface area contributed by atoms with Crippen molar-refractivity contribution in [2.24, 2.45) is 0 Å². The van der Waals surface area contributed by atoms with Gasteiger partial charge in [-0.05, 0) is 6.92 Å². The molecule has 0 N–H and O–H groups in total. The van der Waals surface area contributed by atoms with Crippen LogP contribution in [-0.2, 0) is 0 Å². The molecular formula is C4H4NS. The van der Waals surface area contributed by atoms with Crippen LogP contribution >= 0.6 is 11.3 Å². The molecule has 31 valence electrons. The summed E-state index contributed by atoms with van der Waals surface area (Å²) in [7, 11) is 0. The quantitative estimate of drug-likeness (QED) is 0.476. The zero-order valence-corrected chi connectivity index (χ0v) is 4.25. The third kappa shape index (κ3) is 0.571. The Bertz CT molecular complexity index is 111. The third-order valence-corrected chi connectivity index (χ3v) is 1.16. The lowest BCUT2D eigenvalue weighted by atomic mass is 10.6. The first-order valence-electron chi connectivity index (χ1n) is 1.68. The number of thiazole rings is 1. The van der Waals surface area contributed by atoms with E-state index in [-0.39, 0.29) is 0 Å². The standard InChI is InChI=1S/C4H4NS/c1-4-2-6-3-5-4/h2H,1H3. The molecule has 0 aliphatic carbocycles. The molecule has 0 spiro atoms. The van der Waals surface area contributed by atoms with Gasteiger partial charge in [0.1, 0.15) is 0 Å². The summed E-state index contributed by atoms with van der Waals surface area (Å²) in [4.78, 5) is 3.81. The van der Waals surface area contributed by atoms with E-state index in [4.69, 9.17) is 0 Å². The van der Waals surface area contributed by atoms with Crippen molar-refractivity contribution in [1.82, 2.24) is 4.98 Å². The molecule has 0 fully saturated rings. The minimum Gasteiger partial charge on any atom is -0.239 e. The van der Waals surface area contributed by atoms with E-state index >= 15 is 0 Å². The zero-order valence-electron chi connectivity index (χ0n) is 3.43. The molecule has 0 atom stereocenters. The van der Waals surface area contributed by atoms with Crippen molar-refractivity contribution in [2.45, 2.75) is 6.92 Å². The fourth-order valence-corrected chi connectivity index (χ4v) is 0.709. The lowest BCUT2D eigenvalue weighted by Crippen LogP contribution is -1.60. The molecule has 1 rings (SSSR count). The van der Waals surface area contributed by atoms with E-state index in [1.807, 2.05) is 12.3 Å². The molecule has 0 saturated carbocycles. The molecule has 6 heavy (non-hydrogen) atoms. The van der Waals surface area contributed by atoms with Gasteiger partial charge in [0.05, 0.1) is 0 Å². The summed E-state index contributed by atoms with van der Waals surface area (Å²) in [5.74, 6) is 0. The Morgan fingerprint density at radius 1 is 2.00 bits per heavy atom. The molecular weight excluding hydrogens is 94.1 g/mol. The zero-order chi connectivity index (χ0) is 4.41. The highest BCUT2D eigenvalue weighted by Gasteiger charge is 1.77. The van der Waals surface area contributed by atoms with E-state index in [0.29, 0.717) is 0 Å². The summed E-state index contributed by atoms with van der Waals surface area (Å²) < 4.78 is 0. The van der Waals surface area contributed by atoms with E-state index in [9.17, 15) is 0 Å². The Labute approximate surface area is 40.7 Å². The van der Waals surface area contributed by atoms with Crippen molar-refractivity contribution in [1.29, 1.82) is 0 Å². The summed E-state index contributed by atoms with van der Waals surface area (Å²) in [5.41, 5.74) is 3.78. The largest absolute Gasteiger partial charge is 0.239 e. The molecule has 1 heterocycles. The summed E-state index contributed by atoms with van der Waals surface area (Å²) in [6.45, 7) is 1.95. The van der Waals surface area contributed by atoms with Crippen LogP contribution in [0.25, 0.3) is 0 Å². The molecule has 1 nitrogen and oxygen atoms in total. The average Bonchev–Trinajstić information content (AvgIpc) is 1.86. The van der Waals surface area contributed by atoms with Crippen LogP contribution in [0.5, 0.6) is 0 Å². The summed E-state index contributed by atoms with van der Waals surface area (Å²) in [6, 6.07) is 0. The fraction of sp³-hybridized carbons (Fsp3) is 0.250. The van der Waals surface area contributed by atoms with Crippen LogP contribution in [0, 0.1) is 12.4 Å². The molecule has 0 saturated heterocycles. The minimum atomic E-state index is 1.06. The number of aryl methyl sites for hydroxylation is 1. The summed E-state index contributed by atoms with van der Waals surface area (Å²) in [5, 5.41) is 1.96. The van der Waals surface area contributed by atoms with Gasteiger partial charge in [-0.2, -0.15) is 0 Å². The maximum atomic E-state index is 3.81. The molecule has 1 aromatic heterocycles. The summed E-state index contributed by atoms with van der Waals surface area (Å²) in [6.07, 6.45) is 0. The van der Waals surface area contributed by atoms with Gasteiger partial charge in [0, 0.05) is 11.1 Å². The van der Waals surface area contributed by atoms with Gasteiger partial charge in [-0.25, -0.2) is 4.98 Å². The molecule has 0 aromatic carbocycles.